The first kappa shape index (κ1) is 27.1. The zero-order valence-corrected chi connectivity index (χ0v) is 18.0. The minimum Gasteiger partial charge on any atom is -0.480 e. The summed E-state index contributed by atoms with van der Waals surface area (Å²) < 4.78 is 0. The number of rotatable bonds is 13. The maximum Gasteiger partial charge on any atom is 0.326 e. The normalized spacial score (nSPS) is 13.8. The zero-order valence-electron chi connectivity index (χ0n) is 18.0. The summed E-state index contributed by atoms with van der Waals surface area (Å²) in [6.45, 7) is 6.72. The quantitative estimate of drug-likeness (QED) is 0.0970. The number of aliphatic carboxylic acids is 1. The summed E-state index contributed by atoms with van der Waals surface area (Å²) >= 11 is 0. The van der Waals surface area contributed by atoms with Crippen LogP contribution in [0.3, 0.4) is 0 Å². The average Bonchev–Trinajstić information content (AvgIpc) is 2.64. The zero-order chi connectivity index (χ0) is 23.4. The highest BCUT2D eigenvalue weighted by molar-refractivity contribution is 5.93. The molecule has 30 heavy (non-hydrogen) atoms. The lowest BCUT2D eigenvalue weighted by molar-refractivity contribution is -0.143. The molecule has 0 aliphatic carbocycles. The summed E-state index contributed by atoms with van der Waals surface area (Å²) in [6.07, 6.45) is 0.519. The molecule has 0 aromatic heterocycles. The Morgan fingerprint density at radius 3 is 1.90 bits per heavy atom. The Balaban J connectivity index is 5.41. The summed E-state index contributed by atoms with van der Waals surface area (Å²) in [5.74, 6) is -3.66. The third-order valence-corrected chi connectivity index (χ3v) is 4.26. The predicted molar refractivity (Wildman–Crippen MR) is 112 cm³/mol. The van der Waals surface area contributed by atoms with Crippen LogP contribution in [0.4, 0.5) is 0 Å². The van der Waals surface area contributed by atoms with Crippen LogP contribution < -0.4 is 33.2 Å². The number of carbonyl (C=O) groups is 4. The fourth-order valence-corrected chi connectivity index (χ4v) is 2.57. The predicted octanol–water partition coefficient (Wildman–Crippen LogP) is -2.15. The molecular formula is C18H35N7O5. The van der Waals surface area contributed by atoms with Crippen molar-refractivity contribution in [1.82, 2.24) is 16.0 Å². The molecule has 0 heterocycles. The molecule has 0 saturated carbocycles. The minimum atomic E-state index is -1.18. The molecule has 0 aliphatic heterocycles. The molecule has 0 radical (unpaired) electrons. The summed E-state index contributed by atoms with van der Waals surface area (Å²) in [4.78, 5) is 52.3. The van der Waals surface area contributed by atoms with Gasteiger partial charge in [-0.1, -0.05) is 27.7 Å². The Morgan fingerprint density at radius 1 is 0.900 bits per heavy atom. The molecule has 0 spiro atoms. The number of nitrogens with two attached hydrogens (primary N) is 3. The van der Waals surface area contributed by atoms with Gasteiger partial charge in [-0.15, -0.1) is 0 Å². The van der Waals surface area contributed by atoms with Crippen LogP contribution in [0.5, 0.6) is 0 Å². The van der Waals surface area contributed by atoms with Crippen LogP contribution in [-0.4, -0.2) is 66.0 Å². The van der Waals surface area contributed by atoms with Crippen LogP contribution >= 0.6 is 0 Å². The number of aliphatic imine (C=N–C) groups is 1. The van der Waals surface area contributed by atoms with E-state index < -0.39 is 41.8 Å². The van der Waals surface area contributed by atoms with Gasteiger partial charge in [-0.25, -0.2) is 4.79 Å². The van der Waals surface area contributed by atoms with Crippen LogP contribution in [0.2, 0.25) is 0 Å². The van der Waals surface area contributed by atoms with Crippen molar-refractivity contribution in [1.29, 1.82) is 0 Å². The van der Waals surface area contributed by atoms with E-state index in [1.165, 1.54) is 0 Å². The van der Waals surface area contributed by atoms with E-state index in [0.29, 0.717) is 6.42 Å². The van der Waals surface area contributed by atoms with E-state index in [1.807, 2.05) is 0 Å². The molecule has 0 bridgehead atoms. The summed E-state index contributed by atoms with van der Waals surface area (Å²) in [5, 5.41) is 16.9. The molecule has 12 nitrogen and oxygen atoms in total. The second-order valence-electron chi connectivity index (χ2n) is 7.57. The van der Waals surface area contributed by atoms with Gasteiger partial charge in [-0.05, 0) is 24.7 Å². The van der Waals surface area contributed by atoms with Crippen molar-refractivity contribution in [3.05, 3.63) is 0 Å². The number of carboxylic acid groups (broad SMARTS) is 1. The third-order valence-electron chi connectivity index (χ3n) is 4.26. The molecule has 12 heteroatoms. The molecule has 10 N–H and O–H groups in total. The van der Waals surface area contributed by atoms with E-state index in [-0.39, 0.29) is 37.3 Å². The van der Waals surface area contributed by atoms with Gasteiger partial charge in [0.05, 0.1) is 6.54 Å². The fraction of sp³-hybridized carbons (Fsp3) is 0.722. The van der Waals surface area contributed by atoms with Crippen molar-refractivity contribution in [2.75, 3.05) is 13.1 Å². The molecule has 3 atom stereocenters. The highest BCUT2D eigenvalue weighted by Crippen LogP contribution is 2.07. The van der Waals surface area contributed by atoms with Gasteiger partial charge in [0, 0.05) is 6.54 Å². The third kappa shape index (κ3) is 10.0. The van der Waals surface area contributed by atoms with Crippen molar-refractivity contribution in [3.8, 4) is 0 Å². The van der Waals surface area contributed by atoms with Gasteiger partial charge in [0.25, 0.3) is 0 Å². The SMILES string of the molecule is CC(C)C(NC(=O)C(CCCN=C(N)N)NC(=O)C(NC(=O)CN)C(C)C)C(=O)O. The van der Waals surface area contributed by atoms with Gasteiger partial charge in [0.15, 0.2) is 5.96 Å². The number of guanidine groups is 1. The average molecular weight is 430 g/mol. The summed E-state index contributed by atoms with van der Waals surface area (Å²) in [6, 6.07) is -3.06. The standard InChI is InChI=1S/C18H35N7O5/c1-9(2)13(24-12(26)8-19)16(28)23-11(6-5-7-22-18(20)21)15(27)25-14(10(3)4)17(29)30/h9-11,13-14H,5-8,19H2,1-4H3,(H,23,28)(H,24,26)(H,25,27)(H,29,30)(H4,20,21,22). The number of nitrogens with zero attached hydrogens (tertiary/aromatic N) is 1. The number of carboxylic acids is 1. The van der Waals surface area contributed by atoms with Crippen LogP contribution in [-0.2, 0) is 19.2 Å². The van der Waals surface area contributed by atoms with E-state index in [2.05, 4.69) is 20.9 Å². The topological polar surface area (TPSA) is 215 Å². The van der Waals surface area contributed by atoms with Crippen molar-refractivity contribution in [2.45, 2.75) is 58.7 Å². The molecule has 0 aromatic carbocycles. The minimum absolute atomic E-state index is 0.102. The Morgan fingerprint density at radius 2 is 1.47 bits per heavy atom. The van der Waals surface area contributed by atoms with E-state index >= 15 is 0 Å². The lowest BCUT2D eigenvalue weighted by atomic mass is 10.0. The number of amides is 3. The van der Waals surface area contributed by atoms with Crippen LogP contribution in [0, 0.1) is 11.8 Å². The number of hydrogen-bond donors (Lipinski definition) is 7. The summed E-state index contributed by atoms with van der Waals surface area (Å²) in [7, 11) is 0. The first-order valence-corrected chi connectivity index (χ1v) is 9.79. The van der Waals surface area contributed by atoms with Crippen molar-refractivity contribution < 1.29 is 24.3 Å². The molecule has 3 amide bonds. The highest BCUT2D eigenvalue weighted by atomic mass is 16.4. The Bertz CT molecular complexity index is 632. The number of hydrogen-bond acceptors (Lipinski definition) is 6. The van der Waals surface area contributed by atoms with Gasteiger partial charge < -0.3 is 38.3 Å². The Hall–Kier alpha value is -2.89. The highest BCUT2D eigenvalue weighted by Gasteiger charge is 2.31. The van der Waals surface area contributed by atoms with Gasteiger partial charge in [-0.3, -0.25) is 19.4 Å². The lowest BCUT2D eigenvalue weighted by Gasteiger charge is -2.26. The second-order valence-corrected chi connectivity index (χ2v) is 7.57. The van der Waals surface area contributed by atoms with E-state index in [0.717, 1.165) is 0 Å². The van der Waals surface area contributed by atoms with Crippen molar-refractivity contribution >= 4 is 29.7 Å². The van der Waals surface area contributed by atoms with Gasteiger partial charge in [0.2, 0.25) is 17.7 Å². The molecule has 3 unspecified atom stereocenters. The van der Waals surface area contributed by atoms with E-state index in [9.17, 15) is 24.3 Å². The second kappa shape index (κ2) is 13.4. The fourth-order valence-electron chi connectivity index (χ4n) is 2.57. The van der Waals surface area contributed by atoms with E-state index in [4.69, 9.17) is 17.2 Å². The Labute approximate surface area is 176 Å². The smallest absolute Gasteiger partial charge is 0.326 e. The molecule has 0 saturated heterocycles. The van der Waals surface area contributed by atoms with Gasteiger partial charge in [-0.2, -0.15) is 0 Å². The lowest BCUT2D eigenvalue weighted by Crippen LogP contribution is -2.58. The maximum atomic E-state index is 12.7. The largest absolute Gasteiger partial charge is 0.480 e. The molecule has 0 fully saturated rings. The van der Waals surface area contributed by atoms with Crippen LogP contribution in [0.15, 0.2) is 4.99 Å². The number of carbonyl (C=O) groups excluding carboxylic acids is 3. The van der Waals surface area contributed by atoms with Gasteiger partial charge >= 0.3 is 5.97 Å². The van der Waals surface area contributed by atoms with Gasteiger partial charge in [0.1, 0.15) is 18.1 Å². The first-order valence-electron chi connectivity index (χ1n) is 9.79. The summed E-state index contributed by atoms with van der Waals surface area (Å²) in [5.41, 5.74) is 15.8. The van der Waals surface area contributed by atoms with Crippen LogP contribution in [0.1, 0.15) is 40.5 Å². The van der Waals surface area contributed by atoms with E-state index in [1.54, 1.807) is 27.7 Å². The monoisotopic (exact) mass is 429 g/mol. The molecular weight excluding hydrogens is 394 g/mol. The molecule has 0 rings (SSSR count). The van der Waals surface area contributed by atoms with Crippen molar-refractivity contribution in [3.63, 3.8) is 0 Å². The molecule has 172 valence electrons. The molecule has 0 aliphatic rings. The Kier molecular flexibility index (Phi) is 12.1. The number of nitrogens with one attached hydrogen (secondary N) is 3. The first-order chi connectivity index (χ1) is 13.9. The molecule has 0 aromatic rings. The van der Waals surface area contributed by atoms with Crippen LogP contribution in [0.25, 0.3) is 0 Å². The maximum absolute atomic E-state index is 12.7. The van der Waals surface area contributed by atoms with Crippen molar-refractivity contribution in [2.24, 2.45) is 34.0 Å².